The monoisotopic (exact) mass is 512 g/mol. The van der Waals surface area contributed by atoms with E-state index in [1.54, 1.807) is 42.6 Å². The number of nitrogens with zero attached hydrogens (tertiary/aromatic N) is 2. The SMILES string of the molecule is COc1cc2nccc(Oc3ccc(NC(=O)NC4CC4)c(Cl)c3)c2cc1C(=O)N1CCSC1=O. The van der Waals surface area contributed by atoms with Crippen molar-refractivity contribution in [1.82, 2.24) is 15.2 Å². The number of imide groups is 1. The summed E-state index contributed by atoms with van der Waals surface area (Å²) in [5, 5.41) is 6.17. The van der Waals surface area contributed by atoms with E-state index in [1.165, 1.54) is 12.0 Å². The lowest BCUT2D eigenvalue weighted by Gasteiger charge is -2.17. The standard InChI is InChI=1S/C24H21ClN4O5S/c1-33-21-12-19-15(11-16(21)22(30)29-8-9-35-24(29)32)20(6-7-26-19)34-14-4-5-18(17(25)10-14)28-23(31)27-13-2-3-13/h4-7,10-13H,2-3,8-9H2,1H3,(H2,27,28,31). The Morgan fingerprint density at radius 3 is 2.69 bits per heavy atom. The van der Waals surface area contributed by atoms with Crippen molar-refractivity contribution in [2.75, 3.05) is 24.7 Å². The van der Waals surface area contributed by atoms with E-state index in [9.17, 15) is 14.4 Å². The molecule has 9 nitrogen and oxygen atoms in total. The fourth-order valence-corrected chi connectivity index (χ4v) is 4.65. The fourth-order valence-electron chi connectivity index (χ4n) is 3.66. The minimum absolute atomic E-state index is 0.231. The topological polar surface area (TPSA) is 110 Å². The zero-order valence-electron chi connectivity index (χ0n) is 18.7. The zero-order chi connectivity index (χ0) is 24.5. The maximum absolute atomic E-state index is 13.1. The average molecular weight is 513 g/mol. The highest BCUT2D eigenvalue weighted by molar-refractivity contribution is 8.13. The van der Waals surface area contributed by atoms with Gasteiger partial charge < -0.3 is 20.1 Å². The largest absolute Gasteiger partial charge is 0.496 e. The van der Waals surface area contributed by atoms with Crippen LogP contribution in [-0.2, 0) is 0 Å². The number of nitrogens with one attached hydrogen (secondary N) is 2. The summed E-state index contributed by atoms with van der Waals surface area (Å²) < 4.78 is 11.5. The Bertz CT molecular complexity index is 1350. The number of rotatable bonds is 6. The van der Waals surface area contributed by atoms with Crippen LogP contribution in [0.1, 0.15) is 23.2 Å². The first-order chi connectivity index (χ1) is 16.9. The molecule has 4 amide bonds. The number of halogens is 1. The summed E-state index contributed by atoms with van der Waals surface area (Å²) in [6.45, 7) is 0.345. The van der Waals surface area contributed by atoms with Gasteiger partial charge in [-0.3, -0.25) is 19.5 Å². The molecule has 35 heavy (non-hydrogen) atoms. The van der Waals surface area contributed by atoms with Crippen LogP contribution in [0.4, 0.5) is 15.3 Å². The van der Waals surface area contributed by atoms with Crippen molar-refractivity contribution in [3.8, 4) is 17.2 Å². The molecule has 1 aliphatic heterocycles. The highest BCUT2D eigenvalue weighted by Gasteiger charge is 2.30. The van der Waals surface area contributed by atoms with Crippen molar-refractivity contribution in [2.24, 2.45) is 0 Å². The lowest BCUT2D eigenvalue weighted by molar-refractivity contribution is 0.0830. The number of benzene rings is 2. The van der Waals surface area contributed by atoms with Crippen molar-refractivity contribution in [1.29, 1.82) is 0 Å². The Balaban J connectivity index is 1.43. The highest BCUT2D eigenvalue weighted by Crippen LogP contribution is 2.36. The molecule has 2 heterocycles. The second kappa shape index (κ2) is 9.63. The second-order valence-corrected chi connectivity index (χ2v) is 9.52. The van der Waals surface area contributed by atoms with Crippen LogP contribution in [0.2, 0.25) is 5.02 Å². The van der Waals surface area contributed by atoms with E-state index < -0.39 is 5.91 Å². The molecular weight excluding hydrogens is 492 g/mol. The summed E-state index contributed by atoms with van der Waals surface area (Å²) in [7, 11) is 1.46. The predicted octanol–water partition coefficient (Wildman–Crippen LogP) is 5.28. The van der Waals surface area contributed by atoms with Gasteiger partial charge in [-0.05, 0) is 37.1 Å². The molecule has 0 radical (unpaired) electrons. The van der Waals surface area contributed by atoms with E-state index in [0.717, 1.165) is 24.6 Å². The number of pyridine rings is 1. The molecule has 0 unspecified atom stereocenters. The number of methoxy groups -OCH3 is 1. The first-order valence-electron chi connectivity index (χ1n) is 10.9. The molecule has 2 N–H and O–H groups in total. The van der Waals surface area contributed by atoms with Gasteiger partial charge in [0.25, 0.3) is 11.1 Å². The molecule has 180 valence electrons. The number of amides is 4. The molecule has 1 aliphatic carbocycles. The molecule has 0 bridgehead atoms. The highest BCUT2D eigenvalue weighted by atomic mass is 35.5. The van der Waals surface area contributed by atoms with Gasteiger partial charge in [0.05, 0.1) is 28.9 Å². The number of hydrogen-bond acceptors (Lipinski definition) is 7. The van der Waals surface area contributed by atoms with Crippen molar-refractivity contribution >= 4 is 57.1 Å². The number of carbonyl (C=O) groups excluding carboxylic acids is 3. The average Bonchev–Trinajstić information content (AvgIpc) is 3.56. The lowest BCUT2D eigenvalue weighted by Crippen LogP contribution is -2.31. The maximum atomic E-state index is 13.1. The third kappa shape index (κ3) is 4.98. The Morgan fingerprint density at radius 1 is 1.17 bits per heavy atom. The van der Waals surface area contributed by atoms with Gasteiger partial charge in [-0.2, -0.15) is 0 Å². The number of fused-ring (bicyclic) bond motifs is 1. The molecule has 1 saturated carbocycles. The second-order valence-electron chi connectivity index (χ2n) is 8.07. The number of anilines is 1. The molecule has 5 rings (SSSR count). The molecule has 0 spiro atoms. The van der Waals surface area contributed by atoms with Crippen LogP contribution in [0, 0.1) is 0 Å². The molecule has 3 aromatic rings. The molecular formula is C24H21ClN4O5S. The number of hydrogen-bond donors (Lipinski definition) is 2. The molecule has 2 aliphatic rings. The number of carbonyl (C=O) groups is 3. The van der Waals surface area contributed by atoms with E-state index in [-0.39, 0.29) is 22.9 Å². The summed E-state index contributed by atoms with van der Waals surface area (Å²) in [6, 6.07) is 9.79. The van der Waals surface area contributed by atoms with Crippen LogP contribution >= 0.6 is 23.4 Å². The van der Waals surface area contributed by atoms with Crippen molar-refractivity contribution in [3.63, 3.8) is 0 Å². The molecule has 2 aromatic carbocycles. The minimum atomic E-state index is -0.434. The van der Waals surface area contributed by atoms with Gasteiger partial charge in [0.1, 0.15) is 17.2 Å². The first-order valence-corrected chi connectivity index (χ1v) is 12.3. The van der Waals surface area contributed by atoms with E-state index in [0.29, 0.717) is 51.2 Å². The summed E-state index contributed by atoms with van der Waals surface area (Å²) >= 11 is 7.48. The minimum Gasteiger partial charge on any atom is -0.496 e. The number of urea groups is 1. The summed E-state index contributed by atoms with van der Waals surface area (Å²) in [5.41, 5.74) is 1.26. The quantitative estimate of drug-likeness (QED) is 0.462. The van der Waals surface area contributed by atoms with Crippen molar-refractivity contribution < 1.29 is 23.9 Å². The van der Waals surface area contributed by atoms with Gasteiger partial charge in [-0.25, -0.2) is 4.79 Å². The Morgan fingerprint density at radius 2 is 2.00 bits per heavy atom. The van der Waals surface area contributed by atoms with Gasteiger partial charge in [0, 0.05) is 42.1 Å². The number of aromatic nitrogens is 1. The van der Waals surface area contributed by atoms with Gasteiger partial charge in [0.15, 0.2) is 0 Å². The Kier molecular flexibility index (Phi) is 6.40. The van der Waals surface area contributed by atoms with E-state index >= 15 is 0 Å². The lowest BCUT2D eigenvalue weighted by atomic mass is 10.1. The molecule has 11 heteroatoms. The first kappa shape index (κ1) is 23.3. The zero-order valence-corrected chi connectivity index (χ0v) is 20.2. The van der Waals surface area contributed by atoms with Gasteiger partial charge >= 0.3 is 6.03 Å². The smallest absolute Gasteiger partial charge is 0.319 e. The van der Waals surface area contributed by atoms with E-state index in [4.69, 9.17) is 21.1 Å². The summed E-state index contributed by atoms with van der Waals surface area (Å²) in [4.78, 5) is 42.8. The summed E-state index contributed by atoms with van der Waals surface area (Å²) in [5.74, 6) is 1.32. The third-order valence-electron chi connectivity index (χ3n) is 5.59. The van der Waals surface area contributed by atoms with Gasteiger partial charge in [-0.15, -0.1) is 0 Å². The Labute approximate surface area is 210 Å². The van der Waals surface area contributed by atoms with Crippen molar-refractivity contribution in [2.45, 2.75) is 18.9 Å². The van der Waals surface area contributed by atoms with Crippen LogP contribution in [0.25, 0.3) is 10.9 Å². The Hall–Kier alpha value is -3.50. The number of thioether (sulfide) groups is 1. The third-order valence-corrected chi connectivity index (χ3v) is 6.76. The number of ether oxygens (including phenoxy) is 2. The molecule has 0 atom stereocenters. The summed E-state index contributed by atoms with van der Waals surface area (Å²) in [6.07, 6.45) is 3.56. The van der Waals surface area contributed by atoms with Gasteiger partial charge in [-0.1, -0.05) is 23.4 Å². The molecule has 1 saturated heterocycles. The predicted molar refractivity (Wildman–Crippen MR) is 134 cm³/mol. The van der Waals surface area contributed by atoms with Crippen LogP contribution in [-0.4, -0.2) is 52.5 Å². The normalized spacial score (nSPS) is 15.3. The fraction of sp³-hybridized carbons (Fsp3) is 0.250. The van der Waals surface area contributed by atoms with Crippen LogP contribution in [0.3, 0.4) is 0 Å². The maximum Gasteiger partial charge on any atom is 0.319 e. The van der Waals surface area contributed by atoms with Crippen LogP contribution in [0.15, 0.2) is 42.6 Å². The molecule has 2 fully saturated rings. The van der Waals surface area contributed by atoms with E-state index in [1.807, 2.05) is 0 Å². The van der Waals surface area contributed by atoms with E-state index in [2.05, 4.69) is 15.6 Å². The van der Waals surface area contributed by atoms with Crippen LogP contribution < -0.4 is 20.1 Å². The molecule has 1 aromatic heterocycles. The van der Waals surface area contributed by atoms with Crippen molar-refractivity contribution in [3.05, 3.63) is 53.2 Å². The van der Waals surface area contributed by atoms with Crippen LogP contribution in [0.5, 0.6) is 17.2 Å². The van der Waals surface area contributed by atoms with Gasteiger partial charge in [0.2, 0.25) is 0 Å².